The number of ether oxygens (including phenoxy) is 3. The van der Waals surface area contributed by atoms with E-state index in [1.54, 1.807) is 12.1 Å². The molecule has 0 saturated heterocycles. The van der Waals surface area contributed by atoms with Gasteiger partial charge in [-0.25, -0.2) is 0 Å². The number of benzene rings is 1. The molecule has 0 bridgehead atoms. The molecule has 166 valence electrons. The molecule has 0 atom stereocenters. The highest BCUT2D eigenvalue weighted by atomic mass is 16.6. The predicted octanol–water partition coefficient (Wildman–Crippen LogP) is 2.61. The third kappa shape index (κ3) is 4.36. The van der Waals surface area contributed by atoms with Crippen LogP contribution >= 0.6 is 0 Å². The lowest BCUT2D eigenvalue weighted by molar-refractivity contribution is -0.141. The maximum Gasteiger partial charge on any atom is 0.325 e. The third-order valence-electron chi connectivity index (χ3n) is 5.02. The normalized spacial score (nSPS) is 12.3. The first-order chi connectivity index (χ1) is 15.4. The molecule has 1 amide bonds. The minimum Gasteiger partial charge on any atom is -0.486 e. The number of nitrogens with one attached hydrogen (secondary N) is 1. The number of furan rings is 1. The van der Waals surface area contributed by atoms with E-state index in [2.05, 4.69) is 5.32 Å². The van der Waals surface area contributed by atoms with Gasteiger partial charge in [0.2, 0.25) is 5.78 Å². The van der Waals surface area contributed by atoms with Gasteiger partial charge in [-0.2, -0.15) is 0 Å². The molecule has 2 aromatic heterocycles. The number of ketones is 1. The number of fused-ring (bicyclic) bond motifs is 1. The lowest BCUT2D eigenvalue weighted by Crippen LogP contribution is -2.31. The summed E-state index contributed by atoms with van der Waals surface area (Å²) in [5.41, 5.74) is 2.84. The SMILES string of the molecule is Cc1cc(C(=O)COC(=O)CNC(=O)c2ccco2)c(C)n1-c1ccc2c(c1)OCCO2. The molecule has 1 aliphatic heterocycles. The molecule has 9 nitrogen and oxygen atoms in total. The standard InChI is InChI=1S/C23H22N2O7/c1-14-10-17(15(2)25(14)16-5-6-19-21(11-16)31-9-8-30-19)18(26)13-32-22(27)12-24-23(28)20-4-3-7-29-20/h3-7,10-11H,8-9,12-13H2,1-2H3,(H,24,28). The molecule has 0 unspecified atom stereocenters. The van der Waals surface area contributed by atoms with Crippen LogP contribution in [0.15, 0.2) is 47.1 Å². The third-order valence-corrected chi connectivity index (χ3v) is 5.02. The summed E-state index contributed by atoms with van der Waals surface area (Å²) in [6, 6.07) is 10.4. The predicted molar refractivity (Wildman–Crippen MR) is 113 cm³/mol. The Hall–Kier alpha value is -4.01. The van der Waals surface area contributed by atoms with E-state index in [0.717, 1.165) is 11.4 Å². The van der Waals surface area contributed by atoms with Crippen LogP contribution in [0.2, 0.25) is 0 Å². The first kappa shape index (κ1) is 21.2. The lowest BCUT2D eigenvalue weighted by Gasteiger charge is -2.20. The maximum absolute atomic E-state index is 12.7. The quantitative estimate of drug-likeness (QED) is 0.446. The Balaban J connectivity index is 1.39. The van der Waals surface area contributed by atoms with Crippen molar-refractivity contribution in [1.82, 2.24) is 9.88 Å². The van der Waals surface area contributed by atoms with Crippen molar-refractivity contribution in [2.75, 3.05) is 26.4 Å². The number of hydrogen-bond donors (Lipinski definition) is 1. The number of carbonyl (C=O) groups is 3. The van der Waals surface area contributed by atoms with Gasteiger partial charge in [0.25, 0.3) is 5.91 Å². The molecule has 1 aromatic carbocycles. The van der Waals surface area contributed by atoms with Crippen molar-refractivity contribution in [1.29, 1.82) is 0 Å². The molecule has 0 saturated carbocycles. The molecular weight excluding hydrogens is 416 g/mol. The van der Waals surface area contributed by atoms with Crippen LogP contribution in [0.4, 0.5) is 0 Å². The van der Waals surface area contributed by atoms with Crippen molar-refractivity contribution < 1.29 is 33.0 Å². The fourth-order valence-electron chi connectivity index (χ4n) is 3.54. The van der Waals surface area contributed by atoms with E-state index in [1.807, 2.05) is 36.6 Å². The Bertz CT molecular complexity index is 1160. The Morgan fingerprint density at radius 3 is 2.59 bits per heavy atom. The lowest BCUT2D eigenvalue weighted by atomic mass is 10.1. The van der Waals surface area contributed by atoms with E-state index >= 15 is 0 Å². The number of hydrogen-bond acceptors (Lipinski definition) is 7. The van der Waals surface area contributed by atoms with Gasteiger partial charge in [0.1, 0.15) is 19.8 Å². The van der Waals surface area contributed by atoms with Crippen LogP contribution in [-0.2, 0) is 9.53 Å². The summed E-state index contributed by atoms with van der Waals surface area (Å²) in [7, 11) is 0. The molecule has 32 heavy (non-hydrogen) atoms. The van der Waals surface area contributed by atoms with Crippen LogP contribution in [0.5, 0.6) is 11.5 Å². The highest BCUT2D eigenvalue weighted by molar-refractivity contribution is 5.99. The summed E-state index contributed by atoms with van der Waals surface area (Å²) in [5, 5.41) is 2.37. The van der Waals surface area contributed by atoms with Gasteiger partial charge in [0.15, 0.2) is 23.9 Å². The van der Waals surface area contributed by atoms with Gasteiger partial charge in [-0.1, -0.05) is 0 Å². The van der Waals surface area contributed by atoms with E-state index in [1.165, 1.54) is 12.3 Å². The summed E-state index contributed by atoms with van der Waals surface area (Å²) >= 11 is 0. The second kappa shape index (κ2) is 9.01. The zero-order valence-electron chi connectivity index (χ0n) is 17.7. The topological polar surface area (TPSA) is 109 Å². The first-order valence-corrected chi connectivity index (χ1v) is 10.0. The Kier molecular flexibility index (Phi) is 5.98. The first-order valence-electron chi connectivity index (χ1n) is 10.0. The van der Waals surface area contributed by atoms with Crippen LogP contribution in [0.3, 0.4) is 0 Å². The zero-order valence-corrected chi connectivity index (χ0v) is 17.7. The number of carbonyl (C=O) groups excluding carboxylic acids is 3. The number of esters is 1. The van der Waals surface area contributed by atoms with Crippen molar-refractivity contribution >= 4 is 17.7 Å². The summed E-state index contributed by atoms with van der Waals surface area (Å²) in [4.78, 5) is 36.4. The molecule has 4 rings (SSSR count). The molecule has 1 N–H and O–H groups in total. The molecule has 0 radical (unpaired) electrons. The van der Waals surface area contributed by atoms with E-state index in [4.69, 9.17) is 18.6 Å². The molecule has 0 spiro atoms. The molecule has 0 aliphatic carbocycles. The molecule has 0 fully saturated rings. The molecule has 3 heterocycles. The Morgan fingerprint density at radius 1 is 1.06 bits per heavy atom. The summed E-state index contributed by atoms with van der Waals surface area (Å²) < 4.78 is 23.1. The smallest absolute Gasteiger partial charge is 0.325 e. The van der Waals surface area contributed by atoms with Gasteiger partial charge < -0.3 is 28.5 Å². The van der Waals surface area contributed by atoms with Gasteiger partial charge in [-0.15, -0.1) is 0 Å². The second-order valence-electron chi connectivity index (χ2n) is 7.19. The van der Waals surface area contributed by atoms with E-state index in [-0.39, 0.29) is 18.1 Å². The maximum atomic E-state index is 12.7. The molecule has 1 aliphatic rings. The molecule has 3 aromatic rings. The number of aromatic nitrogens is 1. The highest BCUT2D eigenvalue weighted by Crippen LogP contribution is 2.33. The van der Waals surface area contributed by atoms with Crippen LogP contribution in [0.1, 0.15) is 32.3 Å². The van der Waals surface area contributed by atoms with Crippen molar-refractivity contribution in [3.8, 4) is 17.2 Å². The van der Waals surface area contributed by atoms with Gasteiger partial charge in [0.05, 0.1) is 6.26 Å². The van der Waals surface area contributed by atoms with Crippen molar-refractivity contribution in [2.45, 2.75) is 13.8 Å². The van der Waals surface area contributed by atoms with Crippen LogP contribution in [-0.4, -0.2) is 48.6 Å². The number of nitrogens with zero attached hydrogens (tertiary/aromatic N) is 1. The molecular formula is C23H22N2O7. The Morgan fingerprint density at radius 2 is 1.84 bits per heavy atom. The number of rotatable bonds is 7. The minimum absolute atomic E-state index is 0.0838. The van der Waals surface area contributed by atoms with Gasteiger partial charge in [-0.05, 0) is 44.2 Å². The number of aryl methyl sites for hydroxylation is 1. The van der Waals surface area contributed by atoms with Crippen molar-refractivity contribution in [3.63, 3.8) is 0 Å². The van der Waals surface area contributed by atoms with Crippen molar-refractivity contribution in [2.24, 2.45) is 0 Å². The van der Waals surface area contributed by atoms with Crippen LogP contribution < -0.4 is 14.8 Å². The minimum atomic E-state index is -0.723. The van der Waals surface area contributed by atoms with E-state index in [0.29, 0.717) is 36.0 Å². The fraction of sp³-hybridized carbons (Fsp3) is 0.261. The van der Waals surface area contributed by atoms with Crippen molar-refractivity contribution in [3.05, 3.63) is 65.4 Å². The van der Waals surface area contributed by atoms with E-state index in [9.17, 15) is 14.4 Å². The number of amides is 1. The summed E-state index contributed by atoms with van der Waals surface area (Å²) in [5.74, 6) is -0.183. The zero-order chi connectivity index (χ0) is 22.7. The van der Waals surface area contributed by atoms with Crippen LogP contribution in [0, 0.1) is 13.8 Å². The highest BCUT2D eigenvalue weighted by Gasteiger charge is 2.20. The largest absolute Gasteiger partial charge is 0.486 e. The fourth-order valence-corrected chi connectivity index (χ4v) is 3.54. The summed E-state index contributed by atoms with van der Waals surface area (Å²) in [6.07, 6.45) is 1.35. The van der Waals surface area contributed by atoms with E-state index < -0.39 is 18.5 Å². The van der Waals surface area contributed by atoms with Gasteiger partial charge >= 0.3 is 5.97 Å². The second-order valence-corrected chi connectivity index (χ2v) is 7.19. The average molecular weight is 438 g/mol. The summed E-state index contributed by atoms with van der Waals surface area (Å²) in [6.45, 7) is 3.90. The van der Waals surface area contributed by atoms with Crippen LogP contribution in [0.25, 0.3) is 5.69 Å². The van der Waals surface area contributed by atoms with Gasteiger partial charge in [-0.3, -0.25) is 14.4 Å². The molecule has 9 heteroatoms. The van der Waals surface area contributed by atoms with Gasteiger partial charge in [0, 0.05) is 28.7 Å². The average Bonchev–Trinajstić information content (AvgIpc) is 3.44. The monoisotopic (exact) mass is 438 g/mol. The number of Topliss-reactive ketones (excluding diaryl/α,β-unsaturated/α-hetero) is 1. The Labute approximate surface area is 183 Å².